The van der Waals surface area contributed by atoms with E-state index in [4.69, 9.17) is 9.47 Å². The number of rotatable bonds is 10. The van der Waals surface area contributed by atoms with Crippen LogP contribution in [0.15, 0.2) is 67.0 Å². The van der Waals surface area contributed by atoms with Crippen molar-refractivity contribution < 1.29 is 14.3 Å². The van der Waals surface area contributed by atoms with Crippen LogP contribution in [0, 0.1) is 6.92 Å². The molecule has 0 saturated carbocycles. The third-order valence-corrected chi connectivity index (χ3v) is 4.41. The van der Waals surface area contributed by atoms with Crippen molar-refractivity contribution in [3.63, 3.8) is 0 Å². The van der Waals surface area contributed by atoms with Gasteiger partial charge in [0.05, 0.1) is 6.61 Å². The summed E-state index contributed by atoms with van der Waals surface area (Å²) in [7, 11) is 0. The molecule has 0 aliphatic heterocycles. The van der Waals surface area contributed by atoms with Gasteiger partial charge in [-0.25, -0.2) is 0 Å². The molecule has 1 heterocycles. The van der Waals surface area contributed by atoms with E-state index in [0.29, 0.717) is 24.7 Å². The summed E-state index contributed by atoms with van der Waals surface area (Å²) in [5.41, 5.74) is 4.13. The van der Waals surface area contributed by atoms with Gasteiger partial charge in [-0.1, -0.05) is 23.8 Å². The number of hydrogen-bond donors (Lipinski definition) is 2. The van der Waals surface area contributed by atoms with Crippen molar-refractivity contribution in [3.05, 3.63) is 83.7 Å². The highest BCUT2D eigenvalue weighted by Crippen LogP contribution is 2.28. The van der Waals surface area contributed by atoms with Crippen molar-refractivity contribution in [3.8, 4) is 11.5 Å². The topological polar surface area (TPSA) is 72.5 Å². The first-order chi connectivity index (χ1) is 14.6. The van der Waals surface area contributed by atoms with Gasteiger partial charge in [-0.15, -0.1) is 0 Å². The zero-order chi connectivity index (χ0) is 21.2. The minimum absolute atomic E-state index is 0.0897. The molecule has 0 aliphatic rings. The normalized spacial score (nSPS) is 10.5. The molecule has 30 heavy (non-hydrogen) atoms. The highest BCUT2D eigenvalue weighted by atomic mass is 16.5. The Kier molecular flexibility index (Phi) is 7.80. The summed E-state index contributed by atoms with van der Waals surface area (Å²) in [6, 6.07) is 17.4. The third-order valence-electron chi connectivity index (χ3n) is 4.41. The molecule has 6 nitrogen and oxygen atoms in total. The van der Waals surface area contributed by atoms with E-state index in [1.54, 1.807) is 12.4 Å². The number of benzene rings is 2. The molecule has 2 aromatic carbocycles. The van der Waals surface area contributed by atoms with Gasteiger partial charge in [-0.2, -0.15) is 0 Å². The smallest absolute Gasteiger partial charge is 0.262 e. The number of aromatic nitrogens is 1. The summed E-state index contributed by atoms with van der Waals surface area (Å²) in [6.07, 6.45) is 3.57. The predicted octanol–water partition coefficient (Wildman–Crippen LogP) is 4.10. The van der Waals surface area contributed by atoms with Gasteiger partial charge < -0.3 is 20.1 Å². The monoisotopic (exact) mass is 405 g/mol. The SMILES string of the molecule is CCOc1cc(CNCc2ccncc2)ccc1OCC(=O)Nc1ccc(C)cc1. The van der Waals surface area contributed by atoms with E-state index in [1.165, 1.54) is 5.56 Å². The van der Waals surface area contributed by atoms with Gasteiger partial charge in [0.25, 0.3) is 5.91 Å². The quantitative estimate of drug-likeness (QED) is 0.531. The summed E-state index contributed by atoms with van der Waals surface area (Å²) in [6.45, 7) is 5.79. The van der Waals surface area contributed by atoms with Crippen LogP contribution < -0.4 is 20.1 Å². The van der Waals surface area contributed by atoms with Crippen LogP contribution in [0.25, 0.3) is 0 Å². The lowest BCUT2D eigenvalue weighted by Gasteiger charge is -2.14. The molecule has 3 aromatic rings. The molecule has 0 saturated heterocycles. The zero-order valence-corrected chi connectivity index (χ0v) is 17.4. The Morgan fingerprint density at radius 3 is 2.37 bits per heavy atom. The fourth-order valence-corrected chi connectivity index (χ4v) is 2.88. The highest BCUT2D eigenvalue weighted by Gasteiger charge is 2.10. The number of amides is 1. The highest BCUT2D eigenvalue weighted by molar-refractivity contribution is 5.91. The molecule has 156 valence electrons. The fraction of sp³-hybridized carbons (Fsp3) is 0.250. The first kappa shape index (κ1) is 21.3. The van der Waals surface area contributed by atoms with E-state index in [-0.39, 0.29) is 12.5 Å². The number of carbonyl (C=O) groups excluding carboxylic acids is 1. The molecule has 0 radical (unpaired) electrons. The second-order valence-corrected chi connectivity index (χ2v) is 6.88. The summed E-state index contributed by atoms with van der Waals surface area (Å²) in [4.78, 5) is 16.2. The maximum absolute atomic E-state index is 12.2. The van der Waals surface area contributed by atoms with Crippen LogP contribution in [0.1, 0.15) is 23.6 Å². The molecular formula is C24H27N3O3. The molecule has 6 heteroatoms. The number of hydrogen-bond acceptors (Lipinski definition) is 5. The van der Waals surface area contributed by atoms with Gasteiger partial charge in [0.2, 0.25) is 0 Å². The average molecular weight is 405 g/mol. The number of ether oxygens (including phenoxy) is 2. The second-order valence-electron chi connectivity index (χ2n) is 6.88. The molecule has 1 aromatic heterocycles. The van der Waals surface area contributed by atoms with Crippen LogP contribution >= 0.6 is 0 Å². The summed E-state index contributed by atoms with van der Waals surface area (Å²) >= 11 is 0. The average Bonchev–Trinajstić information content (AvgIpc) is 2.76. The number of nitrogens with one attached hydrogen (secondary N) is 2. The predicted molar refractivity (Wildman–Crippen MR) is 118 cm³/mol. The Bertz CT molecular complexity index is 944. The first-order valence-corrected chi connectivity index (χ1v) is 9.98. The number of anilines is 1. The number of pyridine rings is 1. The second kappa shape index (κ2) is 11.0. The molecule has 3 rings (SSSR count). The Labute approximate surface area is 177 Å². The van der Waals surface area contributed by atoms with Crippen molar-refractivity contribution in [1.29, 1.82) is 0 Å². The van der Waals surface area contributed by atoms with Gasteiger partial charge in [0, 0.05) is 31.2 Å². The van der Waals surface area contributed by atoms with E-state index < -0.39 is 0 Å². The zero-order valence-electron chi connectivity index (χ0n) is 17.4. The lowest BCUT2D eigenvalue weighted by atomic mass is 10.2. The third kappa shape index (κ3) is 6.60. The Morgan fingerprint density at radius 2 is 1.63 bits per heavy atom. The standard InChI is InChI=1S/C24H27N3O3/c1-3-29-23-14-20(16-26-15-19-10-12-25-13-11-19)6-9-22(23)30-17-24(28)27-21-7-4-18(2)5-8-21/h4-14,26H,3,15-17H2,1-2H3,(H,27,28). The molecule has 0 unspecified atom stereocenters. The van der Waals surface area contributed by atoms with Crippen LogP contribution in [-0.4, -0.2) is 24.1 Å². The lowest BCUT2D eigenvalue weighted by Crippen LogP contribution is -2.20. The number of aryl methyl sites for hydroxylation is 1. The number of carbonyl (C=O) groups is 1. The van der Waals surface area contributed by atoms with Crippen molar-refractivity contribution >= 4 is 11.6 Å². The van der Waals surface area contributed by atoms with Crippen molar-refractivity contribution in [1.82, 2.24) is 10.3 Å². The Balaban J connectivity index is 1.54. The fourth-order valence-electron chi connectivity index (χ4n) is 2.88. The van der Waals surface area contributed by atoms with Crippen molar-refractivity contribution in [2.75, 3.05) is 18.5 Å². The minimum atomic E-state index is -0.218. The van der Waals surface area contributed by atoms with Gasteiger partial charge in [-0.3, -0.25) is 9.78 Å². The first-order valence-electron chi connectivity index (χ1n) is 9.98. The van der Waals surface area contributed by atoms with E-state index >= 15 is 0 Å². The summed E-state index contributed by atoms with van der Waals surface area (Å²) in [5, 5.41) is 6.23. The van der Waals surface area contributed by atoms with E-state index in [2.05, 4.69) is 15.6 Å². The summed E-state index contributed by atoms with van der Waals surface area (Å²) < 4.78 is 11.4. The van der Waals surface area contributed by atoms with Crippen LogP contribution in [0.4, 0.5) is 5.69 Å². The molecule has 0 aliphatic carbocycles. The minimum Gasteiger partial charge on any atom is -0.490 e. The van der Waals surface area contributed by atoms with Crippen molar-refractivity contribution in [2.24, 2.45) is 0 Å². The molecule has 0 spiro atoms. The van der Waals surface area contributed by atoms with Crippen LogP contribution in [0.3, 0.4) is 0 Å². The molecule has 0 fully saturated rings. The summed E-state index contributed by atoms with van der Waals surface area (Å²) in [5.74, 6) is 0.960. The largest absolute Gasteiger partial charge is 0.490 e. The number of nitrogens with zero attached hydrogens (tertiary/aromatic N) is 1. The Morgan fingerprint density at radius 1 is 0.900 bits per heavy atom. The maximum Gasteiger partial charge on any atom is 0.262 e. The maximum atomic E-state index is 12.2. The molecule has 0 bridgehead atoms. The van der Waals surface area contributed by atoms with E-state index in [1.807, 2.05) is 68.4 Å². The van der Waals surface area contributed by atoms with Crippen LogP contribution in [0.2, 0.25) is 0 Å². The molecule has 2 N–H and O–H groups in total. The Hall–Kier alpha value is -3.38. The molecule has 1 amide bonds. The van der Waals surface area contributed by atoms with Crippen LogP contribution in [0.5, 0.6) is 11.5 Å². The van der Waals surface area contributed by atoms with Crippen molar-refractivity contribution in [2.45, 2.75) is 26.9 Å². The van der Waals surface area contributed by atoms with E-state index in [9.17, 15) is 4.79 Å². The van der Waals surface area contributed by atoms with Gasteiger partial charge in [0.15, 0.2) is 18.1 Å². The van der Waals surface area contributed by atoms with E-state index in [0.717, 1.165) is 23.4 Å². The molecular weight excluding hydrogens is 378 g/mol. The lowest BCUT2D eigenvalue weighted by molar-refractivity contribution is -0.118. The van der Waals surface area contributed by atoms with Gasteiger partial charge in [-0.05, 0) is 61.4 Å². The molecule has 0 atom stereocenters. The van der Waals surface area contributed by atoms with Gasteiger partial charge >= 0.3 is 0 Å². The van der Waals surface area contributed by atoms with Gasteiger partial charge in [0.1, 0.15) is 0 Å². The van der Waals surface area contributed by atoms with Crippen LogP contribution in [-0.2, 0) is 17.9 Å².